The van der Waals surface area contributed by atoms with Gasteiger partial charge in [0.25, 0.3) is 0 Å². The van der Waals surface area contributed by atoms with Crippen molar-refractivity contribution in [1.82, 2.24) is 9.88 Å². The van der Waals surface area contributed by atoms with E-state index >= 15 is 0 Å². The number of esters is 1. The molecule has 0 bridgehead atoms. The first-order chi connectivity index (χ1) is 26.7. The molecule has 0 spiro atoms. The largest absolute Gasteiger partial charge is 0.494 e. The van der Waals surface area contributed by atoms with E-state index in [-0.39, 0.29) is 12.8 Å². The molecule has 0 amide bonds. The quantitative estimate of drug-likeness (QED) is 0.0325. The summed E-state index contributed by atoms with van der Waals surface area (Å²) in [6.07, 6.45) is 25.1. The predicted octanol–water partition coefficient (Wildman–Crippen LogP) is 12.4. The van der Waals surface area contributed by atoms with Gasteiger partial charge in [-0.05, 0) is 67.6 Å². The average molecular weight is 758 g/mol. The molecule has 0 N–H and O–H groups in total. The topological polar surface area (TPSA) is 64.1 Å². The van der Waals surface area contributed by atoms with Crippen LogP contribution in [0.5, 0.6) is 11.6 Å². The standard InChI is InChI=1S/C46H67N3O4S/c1-2-3-4-5-6-7-8-9-10-11-12-13-14-15-16-17-18-24-46(50)53-38-52-45-28-26-39-25-27-40(37-42(39)47-45)51-35-20-19-30-48-31-33-49(34-32-48)43-22-21-23-44-41(43)29-36-54-44/h21-23,25-29,36-37H,2-20,24,30-35,38H2,1H3. The Morgan fingerprint density at radius 3 is 2.07 bits per heavy atom. The number of hydrogen-bond acceptors (Lipinski definition) is 8. The van der Waals surface area contributed by atoms with Crippen molar-refractivity contribution >= 4 is 44.0 Å². The lowest BCUT2D eigenvalue weighted by Gasteiger charge is -2.36. The van der Waals surface area contributed by atoms with Crippen LogP contribution in [0.15, 0.2) is 60.0 Å². The minimum atomic E-state index is -0.207. The monoisotopic (exact) mass is 757 g/mol. The second kappa shape index (κ2) is 24.9. The van der Waals surface area contributed by atoms with E-state index in [0.29, 0.717) is 18.9 Å². The van der Waals surface area contributed by atoms with E-state index in [1.165, 1.54) is 112 Å². The number of pyridine rings is 1. The lowest BCUT2D eigenvalue weighted by molar-refractivity contribution is -0.150. The van der Waals surface area contributed by atoms with Crippen LogP contribution < -0.4 is 14.4 Å². The Balaban J connectivity index is 0.848. The molecule has 1 saturated heterocycles. The van der Waals surface area contributed by atoms with Gasteiger partial charge in [0.15, 0.2) is 0 Å². The number of carbonyl (C=O) groups is 1. The van der Waals surface area contributed by atoms with Crippen molar-refractivity contribution in [3.63, 3.8) is 0 Å². The molecule has 3 heterocycles. The maximum absolute atomic E-state index is 12.2. The van der Waals surface area contributed by atoms with Gasteiger partial charge < -0.3 is 19.1 Å². The van der Waals surface area contributed by atoms with Crippen LogP contribution in [-0.4, -0.2) is 62.0 Å². The molecule has 2 aromatic carbocycles. The fourth-order valence-electron chi connectivity index (χ4n) is 7.56. The summed E-state index contributed by atoms with van der Waals surface area (Å²) in [4.78, 5) is 22.0. The zero-order chi connectivity index (χ0) is 37.5. The maximum atomic E-state index is 12.2. The molecule has 1 aliphatic rings. The molecule has 0 atom stereocenters. The minimum absolute atomic E-state index is 0.119. The summed E-state index contributed by atoms with van der Waals surface area (Å²) in [6.45, 7) is 8.29. The van der Waals surface area contributed by atoms with Crippen molar-refractivity contribution < 1.29 is 19.0 Å². The summed E-state index contributed by atoms with van der Waals surface area (Å²) in [5.74, 6) is 1.04. The number of hydrogen-bond donors (Lipinski definition) is 0. The number of anilines is 1. The zero-order valence-electron chi connectivity index (χ0n) is 33.2. The zero-order valence-corrected chi connectivity index (χ0v) is 34.1. The lowest BCUT2D eigenvalue weighted by Crippen LogP contribution is -2.46. The Hall–Kier alpha value is -3.36. The maximum Gasteiger partial charge on any atom is 0.308 e. The van der Waals surface area contributed by atoms with Crippen LogP contribution in [0.3, 0.4) is 0 Å². The SMILES string of the molecule is CCCCCCCCCCCCCCCCCCCC(=O)OCOc1ccc2ccc(OCCCCN3CCN(c4cccc5sccc45)CC3)cc2n1. The smallest absolute Gasteiger partial charge is 0.308 e. The number of fused-ring (bicyclic) bond motifs is 2. The van der Waals surface area contributed by atoms with Crippen LogP contribution >= 0.6 is 11.3 Å². The summed E-state index contributed by atoms with van der Waals surface area (Å²) in [7, 11) is 0. The van der Waals surface area contributed by atoms with E-state index < -0.39 is 0 Å². The first kappa shape index (κ1) is 41.8. The molecule has 0 saturated carbocycles. The Kier molecular flexibility index (Phi) is 19.3. The Bertz CT molecular complexity index is 1620. The van der Waals surface area contributed by atoms with Gasteiger partial charge in [0.1, 0.15) is 5.75 Å². The summed E-state index contributed by atoms with van der Waals surface area (Å²) in [5, 5.41) is 4.59. The second-order valence-electron chi connectivity index (χ2n) is 15.2. The highest BCUT2D eigenvalue weighted by atomic mass is 32.1. The van der Waals surface area contributed by atoms with Gasteiger partial charge in [-0.1, -0.05) is 116 Å². The number of aromatic nitrogens is 1. The number of piperazine rings is 1. The van der Waals surface area contributed by atoms with Crippen molar-refractivity contribution in [2.24, 2.45) is 0 Å². The number of benzene rings is 2. The molecular formula is C46H67N3O4S. The summed E-state index contributed by atoms with van der Waals surface area (Å²) >= 11 is 1.82. The predicted molar refractivity (Wildman–Crippen MR) is 227 cm³/mol. The summed E-state index contributed by atoms with van der Waals surface area (Å²) in [5.41, 5.74) is 2.18. The Morgan fingerprint density at radius 2 is 1.37 bits per heavy atom. The third-order valence-corrected chi connectivity index (χ3v) is 11.8. The molecular weight excluding hydrogens is 691 g/mol. The van der Waals surface area contributed by atoms with Crippen LogP contribution in [0.2, 0.25) is 0 Å². The van der Waals surface area contributed by atoms with Crippen molar-refractivity contribution in [3.8, 4) is 11.6 Å². The van der Waals surface area contributed by atoms with Crippen molar-refractivity contribution in [2.45, 2.75) is 135 Å². The fourth-order valence-corrected chi connectivity index (χ4v) is 8.37. The van der Waals surface area contributed by atoms with Crippen LogP contribution in [0.25, 0.3) is 21.0 Å². The normalized spacial score (nSPS) is 13.5. The van der Waals surface area contributed by atoms with Gasteiger partial charge in [-0.3, -0.25) is 9.69 Å². The minimum Gasteiger partial charge on any atom is -0.494 e. The van der Waals surface area contributed by atoms with Gasteiger partial charge in [0, 0.05) is 65.9 Å². The first-order valence-corrected chi connectivity index (χ1v) is 22.3. The van der Waals surface area contributed by atoms with Crippen molar-refractivity contribution in [3.05, 3.63) is 60.0 Å². The van der Waals surface area contributed by atoms with Crippen LogP contribution in [0, 0.1) is 0 Å². The van der Waals surface area contributed by atoms with E-state index in [2.05, 4.69) is 51.4 Å². The van der Waals surface area contributed by atoms with Gasteiger partial charge in [-0.25, -0.2) is 4.98 Å². The van der Waals surface area contributed by atoms with Crippen LogP contribution in [0.1, 0.15) is 135 Å². The highest BCUT2D eigenvalue weighted by molar-refractivity contribution is 7.17. The molecule has 5 rings (SSSR count). The van der Waals surface area contributed by atoms with Gasteiger partial charge >= 0.3 is 5.97 Å². The van der Waals surface area contributed by atoms with E-state index in [4.69, 9.17) is 14.2 Å². The molecule has 7 nitrogen and oxygen atoms in total. The fraction of sp³-hybridized carbons (Fsp3) is 0.609. The molecule has 8 heteroatoms. The second-order valence-corrected chi connectivity index (χ2v) is 16.1. The number of thiophene rings is 1. The molecule has 4 aromatic rings. The number of unbranched alkanes of at least 4 members (excludes halogenated alkanes) is 17. The molecule has 0 radical (unpaired) electrons. The first-order valence-electron chi connectivity index (χ1n) is 21.4. The molecule has 2 aromatic heterocycles. The highest BCUT2D eigenvalue weighted by Crippen LogP contribution is 2.31. The molecule has 0 aliphatic carbocycles. The van der Waals surface area contributed by atoms with Gasteiger partial charge in [0.2, 0.25) is 12.7 Å². The number of carbonyl (C=O) groups excluding carboxylic acids is 1. The van der Waals surface area contributed by atoms with Crippen LogP contribution in [-0.2, 0) is 9.53 Å². The molecule has 1 fully saturated rings. The Labute approximate surface area is 329 Å². The lowest BCUT2D eigenvalue weighted by atomic mass is 10.0. The number of rotatable bonds is 28. The molecule has 0 unspecified atom stereocenters. The van der Waals surface area contributed by atoms with Gasteiger partial charge in [-0.2, -0.15) is 0 Å². The van der Waals surface area contributed by atoms with E-state index in [1.54, 1.807) is 0 Å². The third-order valence-electron chi connectivity index (χ3n) is 10.9. The molecule has 54 heavy (non-hydrogen) atoms. The van der Waals surface area contributed by atoms with Gasteiger partial charge in [-0.15, -0.1) is 11.3 Å². The van der Waals surface area contributed by atoms with E-state index in [0.717, 1.165) is 75.1 Å². The molecule has 1 aliphatic heterocycles. The number of ether oxygens (including phenoxy) is 3. The van der Waals surface area contributed by atoms with E-state index in [9.17, 15) is 4.79 Å². The van der Waals surface area contributed by atoms with Gasteiger partial charge in [0.05, 0.1) is 12.1 Å². The van der Waals surface area contributed by atoms with Crippen molar-refractivity contribution in [1.29, 1.82) is 0 Å². The third kappa shape index (κ3) is 15.1. The van der Waals surface area contributed by atoms with Crippen LogP contribution in [0.4, 0.5) is 5.69 Å². The Morgan fingerprint density at radius 1 is 0.704 bits per heavy atom. The molecule has 296 valence electrons. The summed E-state index contributed by atoms with van der Waals surface area (Å²) in [6, 6.07) is 18.7. The summed E-state index contributed by atoms with van der Waals surface area (Å²) < 4.78 is 18.5. The van der Waals surface area contributed by atoms with Crippen molar-refractivity contribution in [2.75, 3.05) is 51.0 Å². The van der Waals surface area contributed by atoms with E-state index in [1.807, 2.05) is 41.7 Å². The average Bonchev–Trinajstić information content (AvgIpc) is 3.69. The highest BCUT2D eigenvalue weighted by Gasteiger charge is 2.18. The number of nitrogens with zero attached hydrogens (tertiary/aromatic N) is 3.